The highest BCUT2D eigenvalue weighted by Crippen LogP contribution is 2.29. The second-order valence-electron chi connectivity index (χ2n) is 6.28. The van der Waals surface area contributed by atoms with E-state index in [1.807, 2.05) is 33.1 Å². The third-order valence-corrected chi connectivity index (χ3v) is 7.60. The largest absolute Gasteiger partial charge is 0.287 e. The molecule has 0 N–H and O–H groups in total. The Bertz CT molecular complexity index is 1300. The number of nitrogens with zero attached hydrogens (tertiary/aromatic N) is 4. The maximum atomic E-state index is 12.9. The molecule has 0 saturated heterocycles. The van der Waals surface area contributed by atoms with Crippen molar-refractivity contribution in [2.45, 2.75) is 45.1 Å². The van der Waals surface area contributed by atoms with Gasteiger partial charge in [-0.1, -0.05) is 11.8 Å². The summed E-state index contributed by atoms with van der Waals surface area (Å²) in [5, 5.41) is 3.31. The number of thioether (sulfide) groups is 1. The van der Waals surface area contributed by atoms with Crippen LogP contribution in [0.2, 0.25) is 0 Å². The van der Waals surface area contributed by atoms with Gasteiger partial charge in [0.2, 0.25) is 0 Å². The molecule has 4 rings (SSSR count). The van der Waals surface area contributed by atoms with Gasteiger partial charge >= 0.3 is 0 Å². The summed E-state index contributed by atoms with van der Waals surface area (Å²) in [5.41, 5.74) is 2.53. The van der Waals surface area contributed by atoms with Crippen molar-refractivity contribution < 1.29 is 0 Å². The van der Waals surface area contributed by atoms with Crippen LogP contribution in [-0.2, 0) is 12.3 Å². The van der Waals surface area contributed by atoms with Crippen LogP contribution >= 0.6 is 34.4 Å². The van der Waals surface area contributed by atoms with E-state index < -0.39 is 0 Å². The smallest absolute Gasteiger partial charge is 0.263 e. The maximum absolute atomic E-state index is 12.9. The minimum absolute atomic E-state index is 0.00390. The zero-order chi connectivity index (χ0) is 19.3. The van der Waals surface area contributed by atoms with Crippen molar-refractivity contribution in [2.24, 2.45) is 0 Å². The fourth-order valence-electron chi connectivity index (χ4n) is 3.01. The summed E-state index contributed by atoms with van der Waals surface area (Å²) >= 11 is 4.45. The van der Waals surface area contributed by atoms with Gasteiger partial charge in [-0.25, -0.2) is 9.97 Å². The number of thiophene rings is 1. The molecule has 0 aromatic carbocycles. The van der Waals surface area contributed by atoms with Crippen molar-refractivity contribution in [3.63, 3.8) is 0 Å². The van der Waals surface area contributed by atoms with Gasteiger partial charge in [-0.15, -0.1) is 22.7 Å². The zero-order valence-electron chi connectivity index (χ0n) is 15.4. The second kappa shape index (κ2) is 6.88. The number of hydrogen-bond donors (Lipinski definition) is 0. The average Bonchev–Trinajstić information content (AvgIpc) is 3.13. The van der Waals surface area contributed by atoms with Gasteiger partial charge in [0.15, 0.2) is 10.1 Å². The first-order chi connectivity index (χ1) is 12.9. The Labute approximate surface area is 167 Å². The molecule has 4 aromatic rings. The molecule has 4 heterocycles. The van der Waals surface area contributed by atoms with Crippen LogP contribution in [0.4, 0.5) is 0 Å². The van der Waals surface area contributed by atoms with Crippen LogP contribution in [0.5, 0.6) is 0 Å². The van der Waals surface area contributed by atoms with E-state index in [-0.39, 0.29) is 11.1 Å². The van der Waals surface area contributed by atoms with Crippen molar-refractivity contribution in [1.82, 2.24) is 18.9 Å². The molecule has 0 aliphatic heterocycles. The Balaban J connectivity index is 1.74. The van der Waals surface area contributed by atoms with Crippen LogP contribution in [0, 0.1) is 20.8 Å². The molecule has 0 atom stereocenters. The molecule has 0 amide bonds. The molecule has 6 nitrogen and oxygen atoms in total. The third-order valence-electron chi connectivity index (χ3n) is 4.55. The van der Waals surface area contributed by atoms with Gasteiger partial charge < -0.3 is 0 Å². The van der Waals surface area contributed by atoms with E-state index in [1.54, 1.807) is 26.4 Å². The first-order valence-electron chi connectivity index (χ1n) is 8.50. The number of hydrogen-bond acceptors (Lipinski definition) is 7. The van der Waals surface area contributed by atoms with E-state index in [0.717, 1.165) is 26.4 Å². The standard InChI is InChI=1S/C18H18N4O2S3/c1-5-21-16(24)14-10(3)11(4)27-15(14)20-17(21)26-8-12-6-13(23)22-9(2)7-25-18(22)19-12/h6-7H,5,8H2,1-4H3. The first-order valence-corrected chi connectivity index (χ1v) is 11.2. The summed E-state index contributed by atoms with van der Waals surface area (Å²) in [6.07, 6.45) is 0. The lowest BCUT2D eigenvalue weighted by molar-refractivity contribution is 0.635. The van der Waals surface area contributed by atoms with Gasteiger partial charge in [0, 0.05) is 34.3 Å². The van der Waals surface area contributed by atoms with E-state index in [4.69, 9.17) is 4.98 Å². The maximum Gasteiger partial charge on any atom is 0.263 e. The molecule has 140 valence electrons. The first kappa shape index (κ1) is 18.4. The molecule has 27 heavy (non-hydrogen) atoms. The lowest BCUT2D eigenvalue weighted by atomic mass is 10.2. The highest BCUT2D eigenvalue weighted by molar-refractivity contribution is 7.98. The summed E-state index contributed by atoms with van der Waals surface area (Å²) in [6.45, 7) is 8.38. The minimum atomic E-state index is -0.0739. The molecule has 4 aromatic heterocycles. The Morgan fingerprint density at radius 3 is 2.70 bits per heavy atom. The summed E-state index contributed by atoms with van der Waals surface area (Å²) in [4.78, 5) is 37.1. The fourth-order valence-corrected chi connectivity index (χ4v) is 5.93. The number of rotatable bonds is 4. The Morgan fingerprint density at radius 2 is 1.96 bits per heavy atom. The monoisotopic (exact) mass is 418 g/mol. The number of thiazole rings is 1. The van der Waals surface area contributed by atoms with E-state index in [9.17, 15) is 9.59 Å². The highest BCUT2D eigenvalue weighted by atomic mass is 32.2. The van der Waals surface area contributed by atoms with Gasteiger partial charge in [0.05, 0.1) is 11.1 Å². The lowest BCUT2D eigenvalue weighted by Crippen LogP contribution is -2.22. The number of aryl methyl sites for hydroxylation is 3. The van der Waals surface area contributed by atoms with Crippen molar-refractivity contribution in [1.29, 1.82) is 0 Å². The van der Waals surface area contributed by atoms with E-state index in [1.165, 1.54) is 23.1 Å². The molecule has 0 aliphatic rings. The van der Waals surface area contributed by atoms with Gasteiger partial charge in [-0.2, -0.15) is 0 Å². The lowest BCUT2D eigenvalue weighted by Gasteiger charge is -2.10. The molecular weight excluding hydrogens is 400 g/mol. The van der Waals surface area contributed by atoms with Crippen LogP contribution in [0.1, 0.15) is 28.8 Å². The summed E-state index contributed by atoms with van der Waals surface area (Å²) in [7, 11) is 0. The molecular formula is C18H18N4O2S3. The van der Waals surface area contributed by atoms with Crippen molar-refractivity contribution >= 4 is 49.6 Å². The van der Waals surface area contributed by atoms with Crippen molar-refractivity contribution in [2.75, 3.05) is 0 Å². The van der Waals surface area contributed by atoms with E-state index >= 15 is 0 Å². The van der Waals surface area contributed by atoms with Gasteiger partial charge in [-0.3, -0.25) is 18.6 Å². The predicted molar refractivity (Wildman–Crippen MR) is 113 cm³/mol. The molecule has 0 spiro atoms. The average molecular weight is 419 g/mol. The van der Waals surface area contributed by atoms with E-state index in [2.05, 4.69) is 4.98 Å². The summed E-state index contributed by atoms with van der Waals surface area (Å²) < 4.78 is 3.31. The Morgan fingerprint density at radius 1 is 1.19 bits per heavy atom. The van der Waals surface area contributed by atoms with Crippen LogP contribution in [-0.4, -0.2) is 18.9 Å². The molecule has 0 bridgehead atoms. The van der Waals surface area contributed by atoms with Gasteiger partial charge in [-0.05, 0) is 33.3 Å². The Hall–Kier alpha value is -1.97. The molecule has 0 radical (unpaired) electrons. The topological polar surface area (TPSA) is 69.3 Å². The van der Waals surface area contributed by atoms with Crippen LogP contribution in [0.3, 0.4) is 0 Å². The summed E-state index contributed by atoms with van der Waals surface area (Å²) in [5.74, 6) is 0.490. The predicted octanol–water partition coefficient (Wildman–Crippen LogP) is 3.76. The van der Waals surface area contributed by atoms with Crippen LogP contribution in [0.15, 0.2) is 26.2 Å². The molecule has 9 heteroatoms. The normalized spacial score (nSPS) is 11.7. The number of aromatic nitrogens is 4. The van der Waals surface area contributed by atoms with Crippen molar-refractivity contribution in [3.05, 3.63) is 54.0 Å². The molecule has 0 saturated carbocycles. The quantitative estimate of drug-likeness (QED) is 0.373. The zero-order valence-corrected chi connectivity index (χ0v) is 17.8. The number of fused-ring (bicyclic) bond motifs is 2. The van der Waals surface area contributed by atoms with Crippen LogP contribution < -0.4 is 11.1 Å². The van der Waals surface area contributed by atoms with E-state index in [0.29, 0.717) is 28.1 Å². The molecule has 0 aliphatic carbocycles. The molecule has 0 fully saturated rings. The Kier molecular flexibility index (Phi) is 4.69. The highest BCUT2D eigenvalue weighted by Gasteiger charge is 2.16. The summed E-state index contributed by atoms with van der Waals surface area (Å²) in [6, 6.07) is 1.56. The third kappa shape index (κ3) is 3.03. The molecule has 0 unspecified atom stereocenters. The SMILES string of the molecule is CCn1c(SCc2cc(=O)n3c(C)csc3n2)nc2sc(C)c(C)c2c1=O. The minimum Gasteiger partial charge on any atom is -0.287 e. The fraction of sp³-hybridized carbons (Fsp3) is 0.333. The van der Waals surface area contributed by atoms with Gasteiger partial charge in [0.1, 0.15) is 4.83 Å². The van der Waals surface area contributed by atoms with Crippen molar-refractivity contribution in [3.8, 4) is 0 Å². The second-order valence-corrected chi connectivity index (χ2v) is 9.26. The van der Waals surface area contributed by atoms with Crippen LogP contribution in [0.25, 0.3) is 15.2 Å². The van der Waals surface area contributed by atoms with Gasteiger partial charge in [0.25, 0.3) is 11.1 Å².